The molecule has 38 heavy (non-hydrogen) atoms. The van der Waals surface area contributed by atoms with Crippen molar-refractivity contribution in [3.05, 3.63) is 57.6 Å². The van der Waals surface area contributed by atoms with E-state index in [0.29, 0.717) is 37.2 Å². The average molecular weight is 523 g/mol. The van der Waals surface area contributed by atoms with Gasteiger partial charge in [-0.3, -0.25) is 9.59 Å². The maximum Gasteiger partial charge on any atom is 0.311 e. The van der Waals surface area contributed by atoms with Crippen LogP contribution in [0.3, 0.4) is 0 Å². The van der Waals surface area contributed by atoms with E-state index in [4.69, 9.17) is 9.47 Å². The molecule has 2 aromatic carbocycles. The Labute approximate surface area is 227 Å². The van der Waals surface area contributed by atoms with Crippen LogP contribution in [0.15, 0.2) is 24.3 Å². The first-order valence-corrected chi connectivity index (χ1v) is 13.2. The Kier molecular flexibility index (Phi) is 10.6. The highest BCUT2D eigenvalue weighted by Crippen LogP contribution is 2.39. The number of benzene rings is 2. The number of esters is 2. The van der Waals surface area contributed by atoms with Gasteiger partial charge in [-0.25, -0.2) is 0 Å². The zero-order valence-corrected chi connectivity index (χ0v) is 24.2. The average Bonchev–Trinajstić information content (AvgIpc) is 2.75. The van der Waals surface area contributed by atoms with Crippen LogP contribution in [-0.4, -0.2) is 24.5 Å². The largest absolute Gasteiger partial charge is 0.426 e. The molecule has 0 saturated heterocycles. The van der Waals surface area contributed by atoms with Gasteiger partial charge in [0.15, 0.2) is 0 Å². The quantitative estimate of drug-likeness (QED) is 0.126. The summed E-state index contributed by atoms with van der Waals surface area (Å²) in [4.78, 5) is 47.8. The Morgan fingerprint density at radius 2 is 1.00 bits per heavy atom. The van der Waals surface area contributed by atoms with Crippen LogP contribution in [0.2, 0.25) is 0 Å². The Balaban J connectivity index is 2.01. The van der Waals surface area contributed by atoms with Gasteiger partial charge >= 0.3 is 11.9 Å². The normalized spacial score (nSPS) is 11.7. The summed E-state index contributed by atoms with van der Waals surface area (Å²) in [5.74, 6) is 0.218. The first-order valence-electron chi connectivity index (χ1n) is 13.2. The van der Waals surface area contributed by atoms with Crippen LogP contribution in [0.1, 0.15) is 99.6 Å². The molecular formula is C32H42O6. The van der Waals surface area contributed by atoms with E-state index >= 15 is 0 Å². The van der Waals surface area contributed by atoms with Crippen LogP contribution >= 0.6 is 0 Å². The molecule has 0 unspecified atom stereocenters. The number of ether oxygens (including phenoxy) is 2. The molecule has 0 aliphatic rings. The van der Waals surface area contributed by atoms with Crippen molar-refractivity contribution in [1.82, 2.24) is 0 Å². The van der Waals surface area contributed by atoms with Gasteiger partial charge < -0.3 is 19.1 Å². The highest BCUT2D eigenvalue weighted by Gasteiger charge is 2.29. The summed E-state index contributed by atoms with van der Waals surface area (Å²) in [6, 6.07) is 7.70. The monoisotopic (exact) mass is 522 g/mol. The molecule has 0 saturated carbocycles. The van der Waals surface area contributed by atoms with Gasteiger partial charge in [0.25, 0.3) is 0 Å². The minimum Gasteiger partial charge on any atom is -0.426 e. The van der Waals surface area contributed by atoms with Gasteiger partial charge in [0.1, 0.15) is 24.1 Å². The summed E-state index contributed by atoms with van der Waals surface area (Å²) in [5.41, 5.74) is 4.68. The zero-order chi connectivity index (χ0) is 28.7. The van der Waals surface area contributed by atoms with Gasteiger partial charge in [0.05, 0.1) is 0 Å². The highest BCUT2D eigenvalue weighted by atomic mass is 16.5. The third-order valence-electron chi connectivity index (χ3n) is 6.89. The number of aryl methyl sites for hydroxylation is 4. The van der Waals surface area contributed by atoms with E-state index in [-0.39, 0.29) is 24.8 Å². The van der Waals surface area contributed by atoms with Crippen molar-refractivity contribution in [2.75, 3.05) is 0 Å². The molecule has 0 heterocycles. The molecule has 0 spiro atoms. The SMILES string of the molecule is Cc1cc(C)c(C(C)(C)CC=O)c(OC(=O)CCCCC(=O)Oc2cc(C)cc(C)c2C(C)(C)CC=O)c1. The van der Waals surface area contributed by atoms with Crippen molar-refractivity contribution in [2.45, 2.75) is 105 Å². The third kappa shape index (κ3) is 8.11. The molecule has 0 bridgehead atoms. The molecular weight excluding hydrogens is 480 g/mol. The second-order valence-electron chi connectivity index (χ2n) is 11.6. The Hall–Kier alpha value is -3.28. The van der Waals surface area contributed by atoms with Crippen LogP contribution in [0, 0.1) is 27.7 Å². The summed E-state index contributed by atoms with van der Waals surface area (Å²) in [7, 11) is 0. The smallest absolute Gasteiger partial charge is 0.311 e. The first-order chi connectivity index (χ1) is 17.7. The van der Waals surface area contributed by atoms with Crippen LogP contribution < -0.4 is 9.47 Å². The van der Waals surface area contributed by atoms with Crippen molar-refractivity contribution in [3.63, 3.8) is 0 Å². The lowest BCUT2D eigenvalue weighted by atomic mass is 9.78. The van der Waals surface area contributed by atoms with Crippen LogP contribution in [0.25, 0.3) is 0 Å². The van der Waals surface area contributed by atoms with Crippen molar-refractivity contribution >= 4 is 24.5 Å². The number of hydrogen-bond donors (Lipinski definition) is 0. The Morgan fingerprint density at radius 1 is 0.658 bits per heavy atom. The fourth-order valence-corrected chi connectivity index (χ4v) is 5.26. The van der Waals surface area contributed by atoms with Gasteiger partial charge in [0, 0.05) is 47.6 Å². The number of unbranched alkanes of at least 4 members (excludes halogenated alkanes) is 1. The van der Waals surface area contributed by atoms with E-state index in [2.05, 4.69) is 0 Å². The van der Waals surface area contributed by atoms with Crippen molar-refractivity contribution in [3.8, 4) is 11.5 Å². The fourth-order valence-electron chi connectivity index (χ4n) is 5.26. The van der Waals surface area contributed by atoms with E-state index < -0.39 is 10.8 Å². The van der Waals surface area contributed by atoms with Crippen molar-refractivity contribution < 1.29 is 28.7 Å². The van der Waals surface area contributed by atoms with Gasteiger partial charge in [0.2, 0.25) is 0 Å². The van der Waals surface area contributed by atoms with Gasteiger partial charge in [-0.15, -0.1) is 0 Å². The molecule has 206 valence electrons. The van der Waals surface area contributed by atoms with Crippen LogP contribution in [-0.2, 0) is 30.0 Å². The first kappa shape index (κ1) is 30.9. The summed E-state index contributed by atoms with van der Waals surface area (Å²) in [6.45, 7) is 15.6. The molecule has 0 radical (unpaired) electrons. The maximum atomic E-state index is 12.7. The van der Waals surface area contributed by atoms with E-state index in [1.165, 1.54) is 0 Å². The summed E-state index contributed by atoms with van der Waals surface area (Å²) in [6.07, 6.45) is 3.67. The molecule has 2 rings (SSSR count). The molecule has 0 fully saturated rings. The standard InChI is InChI=1S/C32H42O6/c1-21-17-23(3)29(31(5,6)13-15-33)25(19-21)37-27(35)11-9-10-12-28(36)38-26-20-22(2)18-24(4)30(26)32(7,8)14-16-34/h15-20H,9-14H2,1-8H3. The molecule has 2 aromatic rings. The van der Waals surface area contributed by atoms with Crippen molar-refractivity contribution in [1.29, 1.82) is 0 Å². The molecule has 0 aliphatic heterocycles. The minimum absolute atomic E-state index is 0.162. The molecule has 0 N–H and O–H groups in total. The molecule has 0 aromatic heterocycles. The predicted molar refractivity (Wildman–Crippen MR) is 149 cm³/mol. The number of hydrogen-bond acceptors (Lipinski definition) is 6. The third-order valence-corrected chi connectivity index (χ3v) is 6.89. The number of rotatable bonds is 13. The van der Waals surface area contributed by atoms with E-state index in [1.54, 1.807) is 0 Å². The molecule has 0 atom stereocenters. The summed E-state index contributed by atoms with van der Waals surface area (Å²) < 4.78 is 11.5. The summed E-state index contributed by atoms with van der Waals surface area (Å²) >= 11 is 0. The lowest BCUT2D eigenvalue weighted by Crippen LogP contribution is -2.22. The van der Waals surface area contributed by atoms with E-state index in [1.807, 2.05) is 79.7 Å². The van der Waals surface area contributed by atoms with Crippen molar-refractivity contribution in [2.24, 2.45) is 0 Å². The molecule has 0 amide bonds. The minimum atomic E-state index is -0.466. The lowest BCUT2D eigenvalue weighted by molar-refractivity contribution is -0.136. The fraction of sp³-hybridized carbons (Fsp3) is 0.500. The second kappa shape index (κ2) is 13.0. The van der Waals surface area contributed by atoms with Gasteiger partial charge in [-0.1, -0.05) is 39.8 Å². The van der Waals surface area contributed by atoms with Gasteiger partial charge in [-0.2, -0.15) is 0 Å². The molecule has 0 aliphatic carbocycles. The predicted octanol–water partition coefficient (Wildman–Crippen LogP) is 6.72. The number of aldehydes is 2. The topological polar surface area (TPSA) is 86.7 Å². The lowest BCUT2D eigenvalue weighted by Gasteiger charge is -2.27. The summed E-state index contributed by atoms with van der Waals surface area (Å²) in [5, 5.41) is 0. The Bertz CT molecular complexity index is 1100. The highest BCUT2D eigenvalue weighted by molar-refractivity contribution is 5.75. The number of carbonyl (C=O) groups is 4. The number of carbonyl (C=O) groups excluding carboxylic acids is 4. The Morgan fingerprint density at radius 3 is 1.32 bits per heavy atom. The van der Waals surface area contributed by atoms with Crippen LogP contribution in [0.4, 0.5) is 0 Å². The maximum absolute atomic E-state index is 12.7. The molecule has 6 heteroatoms. The second-order valence-corrected chi connectivity index (χ2v) is 11.6. The van der Waals surface area contributed by atoms with E-state index in [0.717, 1.165) is 46.0 Å². The van der Waals surface area contributed by atoms with E-state index in [9.17, 15) is 19.2 Å². The van der Waals surface area contributed by atoms with Crippen LogP contribution in [0.5, 0.6) is 11.5 Å². The van der Waals surface area contributed by atoms with Gasteiger partial charge in [-0.05, 0) is 74.9 Å². The zero-order valence-electron chi connectivity index (χ0n) is 24.2. The molecule has 6 nitrogen and oxygen atoms in total.